The first kappa shape index (κ1) is 13.1. The van der Waals surface area contributed by atoms with E-state index in [1.807, 2.05) is 7.05 Å². The lowest BCUT2D eigenvalue weighted by Gasteiger charge is -2.33. The molecule has 0 N–H and O–H groups in total. The average molecular weight is 234 g/mol. The Labute approximate surface area is 107 Å². The molecule has 1 fully saturated rings. The van der Waals surface area contributed by atoms with Crippen LogP contribution in [0.1, 0.15) is 52.9 Å². The third-order valence-electron chi connectivity index (χ3n) is 5.19. The highest BCUT2D eigenvalue weighted by atomic mass is 14.8. The minimum Gasteiger partial charge on any atom is -0.661 e. The number of hydrogen-bond acceptors (Lipinski definition) is 0. The Kier molecular flexibility index (Phi) is 3.97. The van der Waals surface area contributed by atoms with E-state index in [2.05, 4.69) is 32.2 Å². The van der Waals surface area contributed by atoms with E-state index in [1.54, 1.807) is 5.57 Å². The van der Waals surface area contributed by atoms with Crippen LogP contribution < -0.4 is 0 Å². The van der Waals surface area contributed by atoms with Crippen molar-refractivity contribution in [3.05, 3.63) is 17.0 Å². The summed E-state index contributed by atoms with van der Waals surface area (Å²) in [5.41, 5.74) is 2.19. The van der Waals surface area contributed by atoms with Gasteiger partial charge in [-0.3, -0.25) is 0 Å². The van der Waals surface area contributed by atoms with Gasteiger partial charge in [-0.1, -0.05) is 32.4 Å². The van der Waals surface area contributed by atoms with Gasteiger partial charge < -0.3 is 5.32 Å². The maximum atomic E-state index is 4.34. The number of fused-ring (bicyclic) bond motifs is 1. The Morgan fingerprint density at radius 2 is 2.18 bits per heavy atom. The highest BCUT2D eigenvalue weighted by Gasteiger charge is 2.44. The molecule has 98 valence electrons. The summed E-state index contributed by atoms with van der Waals surface area (Å²) in [7, 11) is 1.94. The Bertz CT molecular complexity index is 292. The van der Waals surface area contributed by atoms with Gasteiger partial charge in [-0.2, -0.15) is 7.05 Å². The van der Waals surface area contributed by atoms with Crippen molar-refractivity contribution in [3.8, 4) is 0 Å². The van der Waals surface area contributed by atoms with Gasteiger partial charge >= 0.3 is 0 Å². The van der Waals surface area contributed by atoms with Crippen molar-refractivity contribution in [2.45, 2.75) is 52.9 Å². The van der Waals surface area contributed by atoms with Crippen LogP contribution in [0.15, 0.2) is 11.6 Å². The summed E-state index contributed by atoms with van der Waals surface area (Å²) in [6, 6.07) is 0. The first-order valence-corrected chi connectivity index (χ1v) is 7.32. The highest BCUT2D eigenvalue weighted by Crippen LogP contribution is 2.54. The van der Waals surface area contributed by atoms with Crippen LogP contribution in [-0.2, 0) is 0 Å². The number of hydrogen-bond donors (Lipinski definition) is 0. The summed E-state index contributed by atoms with van der Waals surface area (Å²) in [5.74, 6) is 2.56. The van der Waals surface area contributed by atoms with Crippen molar-refractivity contribution < 1.29 is 0 Å². The largest absolute Gasteiger partial charge is 0.661 e. The molecule has 17 heavy (non-hydrogen) atoms. The zero-order valence-electron chi connectivity index (χ0n) is 12.0. The van der Waals surface area contributed by atoms with Gasteiger partial charge in [0.2, 0.25) is 0 Å². The number of nitrogens with zero attached hydrogens (tertiary/aromatic N) is 1. The van der Waals surface area contributed by atoms with Crippen LogP contribution in [0.2, 0.25) is 0 Å². The van der Waals surface area contributed by atoms with Crippen LogP contribution in [0, 0.1) is 23.2 Å². The van der Waals surface area contributed by atoms with Gasteiger partial charge in [-0.25, -0.2) is 0 Å². The maximum absolute atomic E-state index is 4.34. The number of rotatable bonds is 3. The Balaban J connectivity index is 2.23. The number of likely N-dealkylation sites (N-methyl/N-ethyl adjacent to an activating group) is 1. The lowest BCUT2D eigenvalue weighted by Crippen LogP contribution is -2.25. The van der Waals surface area contributed by atoms with Crippen molar-refractivity contribution in [2.75, 3.05) is 13.6 Å². The summed E-state index contributed by atoms with van der Waals surface area (Å²) in [5, 5.41) is 4.34. The Morgan fingerprint density at radius 3 is 2.82 bits per heavy atom. The molecule has 1 nitrogen and oxygen atoms in total. The van der Waals surface area contributed by atoms with E-state index in [0.717, 1.165) is 24.3 Å². The molecule has 0 aromatic carbocycles. The SMILES string of the molecule is C[N-]CC1=C[C@@H]2[C@@H](C(C)C)CC[C@]2(C)CCC1. The molecule has 0 unspecified atom stereocenters. The van der Waals surface area contributed by atoms with E-state index < -0.39 is 0 Å². The Hall–Kier alpha value is -0.300. The van der Waals surface area contributed by atoms with Crippen molar-refractivity contribution in [3.63, 3.8) is 0 Å². The molecule has 3 atom stereocenters. The fraction of sp³-hybridized carbons (Fsp3) is 0.875. The third kappa shape index (κ3) is 2.59. The molecule has 2 aliphatic rings. The van der Waals surface area contributed by atoms with Crippen molar-refractivity contribution in [1.29, 1.82) is 0 Å². The first-order chi connectivity index (χ1) is 8.07. The second kappa shape index (κ2) is 5.14. The molecule has 2 rings (SSSR count). The highest BCUT2D eigenvalue weighted by molar-refractivity contribution is 5.18. The summed E-state index contributed by atoms with van der Waals surface area (Å²) in [4.78, 5) is 0. The molecule has 1 heteroatoms. The van der Waals surface area contributed by atoms with Gasteiger partial charge in [0.05, 0.1) is 0 Å². The van der Waals surface area contributed by atoms with Gasteiger partial charge in [-0.15, -0.1) is 6.54 Å². The van der Waals surface area contributed by atoms with E-state index in [4.69, 9.17) is 0 Å². The fourth-order valence-corrected chi connectivity index (χ4v) is 4.12. The molecule has 1 saturated carbocycles. The van der Waals surface area contributed by atoms with Gasteiger partial charge in [0.1, 0.15) is 0 Å². The quantitative estimate of drug-likeness (QED) is 0.623. The molecule has 0 saturated heterocycles. The van der Waals surface area contributed by atoms with Gasteiger partial charge in [0, 0.05) is 0 Å². The molecule has 0 amide bonds. The first-order valence-electron chi connectivity index (χ1n) is 7.32. The second-order valence-electron chi connectivity index (χ2n) is 6.78. The molecule has 0 aromatic rings. The maximum Gasteiger partial charge on any atom is -0.0147 e. The van der Waals surface area contributed by atoms with Crippen molar-refractivity contribution >= 4 is 0 Å². The summed E-state index contributed by atoms with van der Waals surface area (Å²) >= 11 is 0. The molecule has 0 spiro atoms. The van der Waals surface area contributed by atoms with E-state index in [1.165, 1.54) is 32.1 Å². The van der Waals surface area contributed by atoms with Crippen molar-refractivity contribution in [2.24, 2.45) is 23.2 Å². The zero-order valence-corrected chi connectivity index (χ0v) is 12.0. The zero-order chi connectivity index (χ0) is 12.5. The Morgan fingerprint density at radius 1 is 1.41 bits per heavy atom. The fourth-order valence-electron chi connectivity index (χ4n) is 4.12. The normalized spacial score (nSPS) is 37.8. The second-order valence-corrected chi connectivity index (χ2v) is 6.78. The van der Waals surface area contributed by atoms with Crippen LogP contribution in [0.3, 0.4) is 0 Å². The van der Waals surface area contributed by atoms with Crippen LogP contribution >= 0.6 is 0 Å². The predicted octanol–water partition coefficient (Wildman–Crippen LogP) is 4.79. The molecule has 0 radical (unpaired) electrons. The van der Waals surface area contributed by atoms with Crippen molar-refractivity contribution in [1.82, 2.24) is 0 Å². The number of allylic oxidation sites excluding steroid dienone is 1. The molecule has 0 aromatic heterocycles. The average Bonchev–Trinajstić information content (AvgIpc) is 2.49. The van der Waals surface area contributed by atoms with Crippen LogP contribution in [-0.4, -0.2) is 13.6 Å². The van der Waals surface area contributed by atoms with Crippen LogP contribution in [0.25, 0.3) is 5.32 Å². The summed E-state index contributed by atoms with van der Waals surface area (Å²) in [6.07, 6.45) is 9.58. The standard InChI is InChI=1S/C16H28N/c1-12(2)14-7-9-16(3)8-5-6-13(11-17-4)10-15(14)16/h10,12,14-15H,5-9,11H2,1-4H3/q-1/t14-,15-,16+/m1/s1. The molecule has 2 aliphatic carbocycles. The van der Waals surface area contributed by atoms with E-state index in [0.29, 0.717) is 5.41 Å². The summed E-state index contributed by atoms with van der Waals surface area (Å²) in [6.45, 7) is 8.30. The van der Waals surface area contributed by atoms with E-state index >= 15 is 0 Å². The van der Waals surface area contributed by atoms with E-state index in [9.17, 15) is 0 Å². The van der Waals surface area contributed by atoms with E-state index in [-0.39, 0.29) is 0 Å². The molecule has 0 heterocycles. The monoisotopic (exact) mass is 234 g/mol. The third-order valence-corrected chi connectivity index (χ3v) is 5.19. The lowest BCUT2D eigenvalue weighted by molar-refractivity contribution is 0.200. The summed E-state index contributed by atoms with van der Waals surface area (Å²) < 4.78 is 0. The molecular formula is C16H28N-. The van der Waals surface area contributed by atoms with Crippen LogP contribution in [0.4, 0.5) is 0 Å². The van der Waals surface area contributed by atoms with Gasteiger partial charge in [0.25, 0.3) is 0 Å². The van der Waals surface area contributed by atoms with Crippen LogP contribution in [0.5, 0.6) is 0 Å². The van der Waals surface area contributed by atoms with Gasteiger partial charge in [0.15, 0.2) is 0 Å². The minimum absolute atomic E-state index is 0.588. The molecule has 0 aliphatic heterocycles. The lowest BCUT2D eigenvalue weighted by atomic mass is 9.72. The molecular weight excluding hydrogens is 206 g/mol. The molecule has 0 bridgehead atoms. The predicted molar refractivity (Wildman–Crippen MR) is 75.2 cm³/mol. The minimum atomic E-state index is 0.588. The smallest absolute Gasteiger partial charge is 0.0147 e. The van der Waals surface area contributed by atoms with Gasteiger partial charge in [-0.05, 0) is 55.3 Å². The topological polar surface area (TPSA) is 14.1 Å².